The third-order valence-corrected chi connectivity index (χ3v) is 5.85. The molecule has 1 aliphatic rings. The molecule has 0 radical (unpaired) electrons. The predicted molar refractivity (Wildman–Crippen MR) is 99.7 cm³/mol. The van der Waals surface area contributed by atoms with Crippen LogP contribution in [0.1, 0.15) is 0 Å². The van der Waals surface area contributed by atoms with Crippen LogP contribution in [-0.2, 0) is 0 Å². The Bertz CT molecular complexity index is 832. The minimum Gasteiger partial charge on any atom is -0.309 e. The maximum atomic E-state index is 14.5. The van der Waals surface area contributed by atoms with Gasteiger partial charge in [0, 0.05) is 24.6 Å². The smallest absolute Gasteiger partial charge is 0.146 e. The summed E-state index contributed by atoms with van der Waals surface area (Å²) in [4.78, 5) is 14.1. The molecule has 3 aromatic rings. The lowest BCUT2D eigenvalue weighted by Gasteiger charge is -2.33. The number of fused-ring (bicyclic) bond motifs is 1. The molecule has 3 heterocycles. The highest BCUT2D eigenvalue weighted by molar-refractivity contribution is 7.99. The van der Waals surface area contributed by atoms with Gasteiger partial charge in [0.05, 0.1) is 17.7 Å². The second kappa shape index (κ2) is 7.04. The molecule has 2 aromatic heterocycles. The van der Waals surface area contributed by atoms with Gasteiger partial charge in [-0.3, -0.25) is 4.90 Å². The van der Waals surface area contributed by atoms with Crippen molar-refractivity contribution in [3.63, 3.8) is 0 Å². The fraction of sp³-hybridized carbons (Fsp3) is 0.294. The van der Waals surface area contributed by atoms with Crippen LogP contribution in [0.5, 0.6) is 0 Å². The first-order valence-corrected chi connectivity index (χ1v) is 9.87. The van der Waals surface area contributed by atoms with Crippen molar-refractivity contribution in [3.05, 3.63) is 47.9 Å². The highest BCUT2D eigenvalue weighted by Gasteiger charge is 2.21. The average Bonchev–Trinajstić information content (AvgIpc) is 3.10. The topological polar surface area (TPSA) is 32.3 Å². The fourth-order valence-corrected chi connectivity index (χ4v) is 4.57. The summed E-state index contributed by atoms with van der Waals surface area (Å²) < 4.78 is 14.5. The van der Waals surface area contributed by atoms with Crippen molar-refractivity contribution in [2.24, 2.45) is 0 Å². The summed E-state index contributed by atoms with van der Waals surface area (Å²) in [5.41, 5.74) is 0.557. The second-order valence-electron chi connectivity index (χ2n) is 5.59. The monoisotopic (exact) mass is 360 g/mol. The van der Waals surface area contributed by atoms with E-state index in [9.17, 15) is 4.39 Å². The van der Waals surface area contributed by atoms with Gasteiger partial charge in [-0.15, -0.1) is 11.3 Å². The Hall–Kier alpha value is -1.70. The molecule has 4 rings (SSSR count). The predicted octanol–water partition coefficient (Wildman–Crippen LogP) is 3.97. The maximum Gasteiger partial charge on any atom is 0.146 e. The van der Waals surface area contributed by atoms with E-state index in [0.717, 1.165) is 40.6 Å². The normalized spacial score (nSPS) is 15.7. The van der Waals surface area contributed by atoms with Crippen molar-refractivity contribution in [1.29, 1.82) is 0 Å². The van der Waals surface area contributed by atoms with E-state index in [4.69, 9.17) is 0 Å². The van der Waals surface area contributed by atoms with E-state index in [1.165, 1.54) is 6.07 Å². The number of thioether (sulfide) groups is 1. The third-order valence-electron chi connectivity index (χ3n) is 4.08. The lowest BCUT2D eigenvalue weighted by molar-refractivity contribution is 0.309. The zero-order valence-electron chi connectivity index (χ0n) is 13.1. The van der Waals surface area contributed by atoms with Crippen LogP contribution in [0, 0.1) is 5.82 Å². The highest BCUT2D eigenvalue weighted by Crippen LogP contribution is 2.33. The number of benzene rings is 1. The number of rotatable bonds is 4. The van der Waals surface area contributed by atoms with Crippen molar-refractivity contribution < 1.29 is 4.39 Å². The largest absolute Gasteiger partial charge is 0.309 e. The molecule has 24 heavy (non-hydrogen) atoms. The Morgan fingerprint density at radius 1 is 1.12 bits per heavy atom. The van der Waals surface area contributed by atoms with Crippen LogP contribution in [0.4, 0.5) is 15.9 Å². The minimum absolute atomic E-state index is 0.231. The highest BCUT2D eigenvalue weighted by atomic mass is 32.2. The van der Waals surface area contributed by atoms with Gasteiger partial charge in [0.15, 0.2) is 0 Å². The van der Waals surface area contributed by atoms with Gasteiger partial charge in [0.1, 0.15) is 22.8 Å². The molecule has 0 spiro atoms. The first kappa shape index (κ1) is 15.8. The van der Waals surface area contributed by atoms with Crippen LogP contribution >= 0.6 is 23.1 Å². The Balaban J connectivity index is 1.77. The third kappa shape index (κ3) is 3.11. The number of hydrogen-bond acceptors (Lipinski definition) is 6. The molecule has 1 fully saturated rings. The number of aromatic nitrogens is 2. The van der Waals surface area contributed by atoms with Crippen LogP contribution in [0.2, 0.25) is 0 Å². The quantitative estimate of drug-likeness (QED) is 0.703. The minimum atomic E-state index is -0.231. The molecule has 0 N–H and O–H groups in total. The summed E-state index contributed by atoms with van der Waals surface area (Å²) >= 11 is 3.54. The molecule has 0 amide bonds. The van der Waals surface area contributed by atoms with E-state index in [-0.39, 0.29) is 5.82 Å². The van der Waals surface area contributed by atoms with Gasteiger partial charge in [-0.1, -0.05) is 12.1 Å². The first-order chi connectivity index (χ1) is 11.8. The standard InChI is InChI=1S/C17H17FN4S2/c18-14-3-1-2-4-15(14)22(12-21-6-9-23-10-7-21)16-13-5-8-24-17(13)20-11-19-16/h1-5,8,11H,6-7,9-10,12H2. The van der Waals surface area contributed by atoms with Crippen molar-refractivity contribution in [2.75, 3.05) is 36.2 Å². The van der Waals surface area contributed by atoms with E-state index in [0.29, 0.717) is 12.4 Å². The van der Waals surface area contributed by atoms with Crippen molar-refractivity contribution in [3.8, 4) is 0 Å². The van der Waals surface area contributed by atoms with E-state index < -0.39 is 0 Å². The molecule has 0 aliphatic carbocycles. The molecule has 7 heteroatoms. The zero-order chi connectivity index (χ0) is 16.4. The van der Waals surface area contributed by atoms with Gasteiger partial charge in [0.25, 0.3) is 0 Å². The van der Waals surface area contributed by atoms with Crippen molar-refractivity contribution in [2.45, 2.75) is 0 Å². The summed E-state index contributed by atoms with van der Waals surface area (Å²) in [5, 5.41) is 2.97. The number of anilines is 2. The molecular formula is C17H17FN4S2. The van der Waals surface area contributed by atoms with Crippen molar-refractivity contribution in [1.82, 2.24) is 14.9 Å². The molecule has 0 unspecified atom stereocenters. The lowest BCUT2D eigenvalue weighted by Crippen LogP contribution is -2.41. The van der Waals surface area contributed by atoms with Gasteiger partial charge in [0.2, 0.25) is 0 Å². The molecule has 0 bridgehead atoms. The molecule has 1 aliphatic heterocycles. The SMILES string of the molecule is Fc1ccccc1N(CN1CCSCC1)c1ncnc2sccc12. The number of hydrogen-bond donors (Lipinski definition) is 0. The number of thiophene rings is 1. The van der Waals surface area contributed by atoms with E-state index >= 15 is 0 Å². The van der Waals surface area contributed by atoms with Gasteiger partial charge in [-0.25, -0.2) is 14.4 Å². The molecule has 0 saturated carbocycles. The van der Waals surface area contributed by atoms with E-state index in [1.807, 2.05) is 40.2 Å². The summed E-state index contributed by atoms with van der Waals surface area (Å²) in [7, 11) is 0. The average molecular weight is 360 g/mol. The molecule has 1 saturated heterocycles. The van der Waals surface area contributed by atoms with E-state index in [1.54, 1.807) is 23.7 Å². The van der Waals surface area contributed by atoms with Gasteiger partial charge in [-0.2, -0.15) is 11.8 Å². The van der Waals surface area contributed by atoms with Gasteiger partial charge >= 0.3 is 0 Å². The fourth-order valence-electron chi connectivity index (χ4n) is 2.86. The summed E-state index contributed by atoms with van der Waals surface area (Å²) in [6.07, 6.45) is 1.56. The Morgan fingerprint density at radius 3 is 2.79 bits per heavy atom. The van der Waals surface area contributed by atoms with Crippen LogP contribution in [0.25, 0.3) is 10.2 Å². The molecule has 1 aromatic carbocycles. The maximum absolute atomic E-state index is 14.5. The summed E-state index contributed by atoms with van der Waals surface area (Å²) in [6, 6.07) is 8.90. The van der Waals surface area contributed by atoms with E-state index in [2.05, 4.69) is 14.9 Å². The molecule has 4 nitrogen and oxygen atoms in total. The second-order valence-corrected chi connectivity index (χ2v) is 7.71. The van der Waals surface area contributed by atoms with Gasteiger partial charge < -0.3 is 4.90 Å². The van der Waals surface area contributed by atoms with Gasteiger partial charge in [-0.05, 0) is 23.6 Å². The van der Waals surface area contributed by atoms with Crippen LogP contribution in [0.15, 0.2) is 42.0 Å². The number of nitrogens with zero attached hydrogens (tertiary/aromatic N) is 4. The summed E-state index contributed by atoms with van der Waals surface area (Å²) in [5.74, 6) is 2.77. The Morgan fingerprint density at radius 2 is 1.96 bits per heavy atom. The van der Waals surface area contributed by atoms with Crippen LogP contribution < -0.4 is 4.90 Å². The lowest BCUT2D eigenvalue weighted by atomic mass is 10.2. The summed E-state index contributed by atoms with van der Waals surface area (Å²) in [6.45, 7) is 2.64. The molecule has 0 atom stereocenters. The Kier molecular flexibility index (Phi) is 4.64. The number of para-hydroxylation sites is 1. The molecule has 124 valence electrons. The van der Waals surface area contributed by atoms with Crippen LogP contribution in [0.3, 0.4) is 0 Å². The molecular weight excluding hydrogens is 343 g/mol. The number of halogens is 1. The van der Waals surface area contributed by atoms with Crippen molar-refractivity contribution >= 4 is 44.8 Å². The zero-order valence-corrected chi connectivity index (χ0v) is 14.7. The Labute approximate surface area is 148 Å². The first-order valence-electron chi connectivity index (χ1n) is 7.83. The van der Waals surface area contributed by atoms with Crippen LogP contribution in [-0.4, -0.2) is 46.1 Å².